The van der Waals surface area contributed by atoms with Crippen molar-refractivity contribution in [1.82, 2.24) is 9.80 Å². The number of aliphatic imine (C=N–C) groups is 1. The molecule has 1 aromatic heterocycles. The number of rotatable bonds is 7. The quantitative estimate of drug-likeness (QED) is 0.450. The van der Waals surface area contributed by atoms with Crippen LogP contribution in [0.4, 0.5) is 5.69 Å². The summed E-state index contributed by atoms with van der Waals surface area (Å²) in [6, 6.07) is 18.4. The van der Waals surface area contributed by atoms with Crippen LogP contribution >= 0.6 is 22.9 Å². The van der Waals surface area contributed by atoms with E-state index in [1.54, 1.807) is 18.2 Å². The van der Waals surface area contributed by atoms with Crippen LogP contribution in [0.1, 0.15) is 4.88 Å². The number of nitrogens with two attached hydrogens (primary N) is 1. The number of thiophene rings is 1. The lowest BCUT2D eigenvalue weighted by Crippen LogP contribution is -2.45. The molecule has 0 spiro atoms. The molecule has 9 heteroatoms. The Labute approximate surface area is 216 Å². The molecule has 2 N–H and O–H groups in total. The van der Waals surface area contributed by atoms with E-state index < -0.39 is 9.84 Å². The van der Waals surface area contributed by atoms with E-state index in [0.717, 1.165) is 52.9 Å². The van der Waals surface area contributed by atoms with Crippen LogP contribution in [0.2, 0.25) is 5.02 Å². The maximum atomic E-state index is 12.0. The maximum absolute atomic E-state index is 12.0. The van der Waals surface area contributed by atoms with Crippen molar-refractivity contribution in [2.45, 2.75) is 4.90 Å². The fraction of sp³-hybridized carbons (Fsp3) is 0.269. The molecule has 2 aromatic carbocycles. The molecule has 0 aliphatic carbocycles. The third-order valence-corrected chi connectivity index (χ3v) is 8.41. The lowest BCUT2D eigenvalue weighted by molar-refractivity contribution is 0.163. The number of nitrogens with zero attached hydrogens (tertiary/aromatic N) is 3. The van der Waals surface area contributed by atoms with Crippen LogP contribution in [0.15, 0.2) is 82.3 Å². The number of sulfone groups is 1. The highest BCUT2D eigenvalue weighted by Crippen LogP contribution is 2.32. The van der Waals surface area contributed by atoms with E-state index in [9.17, 15) is 8.42 Å². The Balaban J connectivity index is 1.67. The molecule has 0 bridgehead atoms. The fourth-order valence-corrected chi connectivity index (χ4v) is 5.63. The molecule has 0 radical (unpaired) electrons. The van der Waals surface area contributed by atoms with E-state index >= 15 is 0 Å². The Morgan fingerprint density at radius 3 is 2.54 bits per heavy atom. The number of halogens is 1. The Morgan fingerprint density at radius 2 is 1.83 bits per heavy atom. The van der Waals surface area contributed by atoms with Crippen LogP contribution in [0.3, 0.4) is 0 Å². The van der Waals surface area contributed by atoms with Crippen LogP contribution in [-0.2, 0) is 9.84 Å². The van der Waals surface area contributed by atoms with E-state index in [1.165, 1.54) is 17.6 Å². The van der Waals surface area contributed by atoms with Gasteiger partial charge in [0.05, 0.1) is 26.2 Å². The van der Waals surface area contributed by atoms with Gasteiger partial charge in [-0.1, -0.05) is 35.9 Å². The number of benzene rings is 2. The third kappa shape index (κ3) is 6.80. The Morgan fingerprint density at radius 1 is 1.09 bits per heavy atom. The van der Waals surface area contributed by atoms with E-state index in [0.29, 0.717) is 22.2 Å². The van der Waals surface area contributed by atoms with E-state index in [1.807, 2.05) is 48.5 Å². The first kappa shape index (κ1) is 25.6. The van der Waals surface area contributed by atoms with Gasteiger partial charge in [0.15, 0.2) is 9.84 Å². The first-order valence-corrected chi connectivity index (χ1v) is 14.4. The number of hydrogen-bond donors (Lipinski definition) is 1. The van der Waals surface area contributed by atoms with Crippen molar-refractivity contribution in [1.29, 1.82) is 0 Å². The first-order chi connectivity index (χ1) is 16.7. The molecule has 1 fully saturated rings. The van der Waals surface area contributed by atoms with Crippen molar-refractivity contribution in [3.8, 4) is 10.4 Å². The monoisotopic (exact) mass is 528 g/mol. The zero-order chi connectivity index (χ0) is 25.0. The molecular formula is C26H29ClN4O2S2. The molecule has 0 saturated carbocycles. The standard InChI is InChI=1S/C26H29ClN4O2S2/c1-30-12-14-31(15-13-30)18-20(28)17-24(29-23-9-4-3-8-22(23)27)26-11-10-25(34-26)19-6-5-7-21(16-19)35(2,32)33/h3-11,16-17H,12-15,18,28H2,1-2H3. The highest BCUT2D eigenvalue weighted by atomic mass is 35.5. The normalized spacial score (nSPS) is 16.5. The van der Waals surface area contributed by atoms with E-state index in [2.05, 4.69) is 16.8 Å². The second-order valence-electron chi connectivity index (χ2n) is 8.71. The fourth-order valence-electron chi connectivity index (χ4n) is 3.83. The average Bonchev–Trinajstić information content (AvgIpc) is 3.31. The molecule has 1 aliphatic rings. The summed E-state index contributed by atoms with van der Waals surface area (Å²) in [5.41, 5.74) is 9.45. The van der Waals surface area contributed by atoms with Crippen molar-refractivity contribution >= 4 is 44.2 Å². The van der Waals surface area contributed by atoms with Crippen LogP contribution in [-0.4, -0.2) is 70.0 Å². The van der Waals surface area contributed by atoms with Gasteiger partial charge in [-0.2, -0.15) is 0 Å². The molecule has 0 unspecified atom stereocenters. The van der Waals surface area contributed by atoms with Gasteiger partial charge in [-0.25, -0.2) is 13.4 Å². The highest BCUT2D eigenvalue weighted by molar-refractivity contribution is 7.90. The molecule has 4 rings (SSSR count). The van der Waals surface area contributed by atoms with Gasteiger partial charge in [-0.05, 0) is 55.1 Å². The summed E-state index contributed by atoms with van der Waals surface area (Å²) in [4.78, 5) is 11.7. The zero-order valence-electron chi connectivity index (χ0n) is 19.8. The predicted molar refractivity (Wildman–Crippen MR) is 147 cm³/mol. The molecule has 184 valence electrons. The summed E-state index contributed by atoms with van der Waals surface area (Å²) in [6.45, 7) is 4.66. The maximum Gasteiger partial charge on any atom is 0.175 e. The summed E-state index contributed by atoms with van der Waals surface area (Å²) in [7, 11) is -1.16. The van der Waals surface area contributed by atoms with Crippen LogP contribution in [0.5, 0.6) is 0 Å². The SMILES string of the molecule is CN1CCN(CC(N)=CC(=Nc2ccccc2Cl)c2ccc(-c3cccc(S(C)(=O)=O)c3)s2)CC1. The lowest BCUT2D eigenvalue weighted by atomic mass is 10.2. The van der Waals surface area contributed by atoms with Crippen LogP contribution in [0, 0.1) is 0 Å². The second kappa shape index (κ2) is 11.1. The van der Waals surface area contributed by atoms with Crippen molar-refractivity contribution in [2.24, 2.45) is 10.7 Å². The van der Waals surface area contributed by atoms with Crippen LogP contribution < -0.4 is 5.73 Å². The molecule has 3 aromatic rings. The Kier molecular flexibility index (Phi) is 8.09. The summed E-state index contributed by atoms with van der Waals surface area (Å²) < 4.78 is 24.0. The Hall–Kier alpha value is -2.49. The van der Waals surface area contributed by atoms with Crippen LogP contribution in [0.25, 0.3) is 10.4 Å². The third-order valence-electron chi connectivity index (χ3n) is 5.82. The summed E-state index contributed by atoms with van der Waals surface area (Å²) in [5, 5.41) is 0.564. The van der Waals surface area contributed by atoms with Gasteiger partial charge in [0, 0.05) is 49.6 Å². The molecule has 2 heterocycles. The van der Waals surface area contributed by atoms with Gasteiger partial charge in [0.1, 0.15) is 0 Å². The minimum Gasteiger partial charge on any atom is -0.401 e. The highest BCUT2D eigenvalue weighted by Gasteiger charge is 2.16. The van der Waals surface area contributed by atoms with Gasteiger partial charge in [-0.15, -0.1) is 11.3 Å². The van der Waals surface area contributed by atoms with Gasteiger partial charge in [-0.3, -0.25) is 4.90 Å². The van der Waals surface area contributed by atoms with E-state index in [-0.39, 0.29) is 0 Å². The zero-order valence-corrected chi connectivity index (χ0v) is 22.2. The minimum atomic E-state index is -3.29. The number of piperazine rings is 1. The number of para-hydroxylation sites is 1. The number of allylic oxidation sites excluding steroid dienone is 1. The average molecular weight is 529 g/mol. The topological polar surface area (TPSA) is 79.0 Å². The lowest BCUT2D eigenvalue weighted by Gasteiger charge is -2.32. The van der Waals surface area contributed by atoms with Gasteiger partial charge in [0.2, 0.25) is 0 Å². The Bertz CT molecular complexity index is 1360. The molecule has 6 nitrogen and oxygen atoms in total. The van der Waals surface area contributed by atoms with Gasteiger partial charge >= 0.3 is 0 Å². The van der Waals surface area contributed by atoms with E-state index in [4.69, 9.17) is 22.3 Å². The second-order valence-corrected chi connectivity index (χ2v) is 12.2. The van der Waals surface area contributed by atoms with Crippen molar-refractivity contribution in [3.05, 3.63) is 82.3 Å². The number of likely N-dealkylation sites (N-methyl/N-ethyl adjacent to an activating group) is 1. The molecule has 0 atom stereocenters. The number of hydrogen-bond acceptors (Lipinski definition) is 7. The molecule has 0 amide bonds. The van der Waals surface area contributed by atoms with Crippen molar-refractivity contribution in [2.75, 3.05) is 46.0 Å². The molecule has 35 heavy (non-hydrogen) atoms. The molecule has 1 aliphatic heterocycles. The molecular weight excluding hydrogens is 500 g/mol. The van der Waals surface area contributed by atoms with Gasteiger partial charge in [0.25, 0.3) is 0 Å². The largest absolute Gasteiger partial charge is 0.401 e. The van der Waals surface area contributed by atoms with Crippen molar-refractivity contribution in [3.63, 3.8) is 0 Å². The smallest absolute Gasteiger partial charge is 0.175 e. The van der Waals surface area contributed by atoms with Crippen molar-refractivity contribution < 1.29 is 8.42 Å². The summed E-state index contributed by atoms with van der Waals surface area (Å²) >= 11 is 7.94. The van der Waals surface area contributed by atoms with Gasteiger partial charge < -0.3 is 10.6 Å². The first-order valence-electron chi connectivity index (χ1n) is 11.3. The minimum absolute atomic E-state index is 0.297. The summed E-state index contributed by atoms with van der Waals surface area (Å²) in [5.74, 6) is 0. The summed E-state index contributed by atoms with van der Waals surface area (Å²) in [6.07, 6.45) is 3.14. The molecule has 1 saturated heterocycles. The predicted octanol–water partition coefficient (Wildman–Crippen LogP) is 4.68.